The van der Waals surface area contributed by atoms with E-state index in [1.807, 2.05) is 19.4 Å². The summed E-state index contributed by atoms with van der Waals surface area (Å²) >= 11 is 0. The maximum Gasteiger partial charge on any atom is 0.241 e. The van der Waals surface area contributed by atoms with E-state index < -0.39 is 0 Å². The van der Waals surface area contributed by atoms with E-state index in [1.54, 1.807) is 28.6 Å². The van der Waals surface area contributed by atoms with Crippen LogP contribution in [0.5, 0.6) is 0 Å². The van der Waals surface area contributed by atoms with E-state index in [2.05, 4.69) is 10.00 Å². The number of hydrogen-bond donors (Lipinski definition) is 0. The molecule has 0 aromatic carbocycles. The van der Waals surface area contributed by atoms with Gasteiger partial charge in [-0.1, -0.05) is 0 Å². The lowest BCUT2D eigenvalue weighted by Crippen LogP contribution is -2.49. The van der Waals surface area contributed by atoms with Crippen molar-refractivity contribution in [2.24, 2.45) is 18.9 Å². The molecule has 0 aliphatic carbocycles. The first-order chi connectivity index (χ1) is 10.9. The van der Waals surface area contributed by atoms with Crippen LogP contribution in [-0.2, 0) is 23.2 Å². The van der Waals surface area contributed by atoms with Gasteiger partial charge in [-0.3, -0.25) is 19.2 Å². The minimum atomic E-state index is -0.0120. The molecule has 2 atom stereocenters. The van der Waals surface area contributed by atoms with Gasteiger partial charge in [-0.2, -0.15) is 5.10 Å². The standard InChI is InChI=1S/C16H25N5O2/c1-18(2)15(22)11-21-5-4-13-9-20(10-14(13)16(21)23)8-12-6-17-19(3)7-12/h6-7,13-14H,4-5,8-11H2,1-3H3/t13-,14-/m1/s1. The molecule has 0 saturated carbocycles. The van der Waals surface area contributed by atoms with Crippen molar-refractivity contribution in [1.82, 2.24) is 24.5 Å². The van der Waals surface area contributed by atoms with E-state index in [4.69, 9.17) is 0 Å². The summed E-state index contributed by atoms with van der Waals surface area (Å²) in [7, 11) is 5.37. The van der Waals surface area contributed by atoms with Crippen LogP contribution in [0.3, 0.4) is 0 Å². The van der Waals surface area contributed by atoms with Crippen LogP contribution in [0.15, 0.2) is 12.4 Å². The van der Waals surface area contributed by atoms with Crippen LogP contribution in [0.25, 0.3) is 0 Å². The molecule has 0 N–H and O–H groups in total. The Balaban J connectivity index is 1.60. The fourth-order valence-corrected chi connectivity index (χ4v) is 3.60. The van der Waals surface area contributed by atoms with E-state index in [0.717, 1.165) is 26.1 Å². The fraction of sp³-hybridized carbons (Fsp3) is 0.688. The average molecular weight is 319 g/mol. The highest BCUT2D eigenvalue weighted by atomic mass is 16.2. The lowest BCUT2D eigenvalue weighted by molar-refractivity contribution is -0.145. The van der Waals surface area contributed by atoms with Crippen LogP contribution < -0.4 is 0 Å². The SMILES string of the molecule is CN(C)C(=O)CN1CC[C@@H]2CN(Cc3cnn(C)c3)C[C@H]2C1=O. The van der Waals surface area contributed by atoms with Crippen molar-refractivity contribution in [2.45, 2.75) is 13.0 Å². The number of rotatable bonds is 4. The Morgan fingerprint density at radius 3 is 2.83 bits per heavy atom. The van der Waals surface area contributed by atoms with Gasteiger partial charge in [0.2, 0.25) is 11.8 Å². The second kappa shape index (κ2) is 6.31. The maximum atomic E-state index is 12.7. The van der Waals surface area contributed by atoms with Gasteiger partial charge in [0.1, 0.15) is 0 Å². The first-order valence-electron chi connectivity index (χ1n) is 8.13. The Labute approximate surface area is 136 Å². The molecule has 2 aliphatic heterocycles. The molecule has 1 aromatic heterocycles. The molecule has 0 radical (unpaired) electrons. The van der Waals surface area contributed by atoms with E-state index in [-0.39, 0.29) is 24.3 Å². The summed E-state index contributed by atoms with van der Waals surface area (Å²) < 4.78 is 1.80. The minimum absolute atomic E-state index is 0.0120. The van der Waals surface area contributed by atoms with Gasteiger partial charge in [0, 0.05) is 59.1 Å². The molecular weight excluding hydrogens is 294 g/mol. The van der Waals surface area contributed by atoms with Crippen LogP contribution in [0, 0.1) is 11.8 Å². The number of likely N-dealkylation sites (N-methyl/N-ethyl adjacent to an activating group) is 1. The summed E-state index contributed by atoms with van der Waals surface area (Å²) in [6.07, 6.45) is 4.89. The van der Waals surface area contributed by atoms with Gasteiger partial charge in [-0.05, 0) is 12.3 Å². The molecular formula is C16H25N5O2. The van der Waals surface area contributed by atoms with Gasteiger partial charge in [-0.25, -0.2) is 0 Å². The first-order valence-corrected chi connectivity index (χ1v) is 8.13. The summed E-state index contributed by atoms with van der Waals surface area (Å²) in [6, 6.07) is 0. The fourth-order valence-electron chi connectivity index (χ4n) is 3.60. The Hall–Kier alpha value is -1.89. The molecule has 0 bridgehead atoms. The molecule has 3 heterocycles. The number of likely N-dealkylation sites (tertiary alicyclic amines) is 2. The predicted octanol–water partition coefficient (Wildman–Crippen LogP) is -0.211. The number of hydrogen-bond acceptors (Lipinski definition) is 4. The first kappa shape index (κ1) is 16.0. The van der Waals surface area contributed by atoms with Crippen LogP contribution in [0.1, 0.15) is 12.0 Å². The Kier molecular flexibility index (Phi) is 4.39. The molecule has 2 saturated heterocycles. The second-order valence-electron chi connectivity index (χ2n) is 6.92. The highest BCUT2D eigenvalue weighted by molar-refractivity contribution is 5.86. The van der Waals surface area contributed by atoms with E-state index >= 15 is 0 Å². The van der Waals surface area contributed by atoms with Gasteiger partial charge in [-0.15, -0.1) is 0 Å². The van der Waals surface area contributed by atoms with Crippen molar-refractivity contribution >= 4 is 11.8 Å². The zero-order valence-corrected chi connectivity index (χ0v) is 14.1. The smallest absolute Gasteiger partial charge is 0.241 e. The van der Waals surface area contributed by atoms with Crippen molar-refractivity contribution < 1.29 is 9.59 Å². The number of carbonyl (C=O) groups excluding carboxylic acids is 2. The lowest BCUT2D eigenvalue weighted by atomic mass is 9.88. The Morgan fingerprint density at radius 2 is 2.17 bits per heavy atom. The van der Waals surface area contributed by atoms with Crippen LogP contribution in [0.2, 0.25) is 0 Å². The van der Waals surface area contributed by atoms with Crippen molar-refractivity contribution in [3.05, 3.63) is 18.0 Å². The minimum Gasteiger partial charge on any atom is -0.347 e. The molecule has 2 aliphatic rings. The molecule has 7 nitrogen and oxygen atoms in total. The molecule has 3 rings (SSSR count). The zero-order chi connectivity index (χ0) is 16.6. The molecule has 23 heavy (non-hydrogen) atoms. The number of aromatic nitrogens is 2. The predicted molar refractivity (Wildman–Crippen MR) is 85.4 cm³/mol. The second-order valence-corrected chi connectivity index (χ2v) is 6.92. The summed E-state index contributed by atoms with van der Waals surface area (Å²) in [5.41, 5.74) is 1.18. The molecule has 7 heteroatoms. The molecule has 2 fully saturated rings. The van der Waals surface area contributed by atoms with Crippen molar-refractivity contribution in [2.75, 3.05) is 40.3 Å². The van der Waals surface area contributed by atoms with Gasteiger partial charge in [0.05, 0.1) is 18.7 Å². The van der Waals surface area contributed by atoms with Crippen molar-refractivity contribution in [3.63, 3.8) is 0 Å². The number of fused-ring (bicyclic) bond motifs is 1. The Bertz CT molecular complexity index is 597. The highest BCUT2D eigenvalue weighted by Gasteiger charge is 2.43. The quantitative estimate of drug-likeness (QED) is 0.770. The number of piperidine rings is 1. The van der Waals surface area contributed by atoms with E-state index in [1.165, 1.54) is 5.56 Å². The van der Waals surface area contributed by atoms with Crippen molar-refractivity contribution in [1.29, 1.82) is 0 Å². The third kappa shape index (κ3) is 3.39. The van der Waals surface area contributed by atoms with Crippen LogP contribution in [-0.4, -0.2) is 76.6 Å². The van der Waals surface area contributed by atoms with Gasteiger partial charge in [0.15, 0.2) is 0 Å². The number of amides is 2. The molecule has 0 unspecified atom stereocenters. The van der Waals surface area contributed by atoms with Crippen LogP contribution >= 0.6 is 0 Å². The third-order valence-corrected chi connectivity index (χ3v) is 4.90. The summed E-state index contributed by atoms with van der Waals surface area (Å²) in [6.45, 7) is 3.48. The molecule has 126 valence electrons. The molecule has 1 aromatic rings. The lowest BCUT2D eigenvalue weighted by Gasteiger charge is -2.34. The summed E-state index contributed by atoms with van der Waals surface area (Å²) in [5.74, 6) is 0.590. The topological polar surface area (TPSA) is 61.7 Å². The van der Waals surface area contributed by atoms with Gasteiger partial charge in [0.25, 0.3) is 0 Å². The summed E-state index contributed by atoms with van der Waals surface area (Å²) in [4.78, 5) is 30.2. The Morgan fingerprint density at radius 1 is 1.39 bits per heavy atom. The van der Waals surface area contributed by atoms with Crippen LogP contribution in [0.4, 0.5) is 0 Å². The van der Waals surface area contributed by atoms with Gasteiger partial charge >= 0.3 is 0 Å². The zero-order valence-electron chi connectivity index (χ0n) is 14.1. The average Bonchev–Trinajstić information content (AvgIpc) is 3.08. The number of nitrogens with zero attached hydrogens (tertiary/aromatic N) is 5. The highest BCUT2D eigenvalue weighted by Crippen LogP contribution is 2.32. The largest absolute Gasteiger partial charge is 0.347 e. The monoisotopic (exact) mass is 319 g/mol. The van der Waals surface area contributed by atoms with Gasteiger partial charge < -0.3 is 9.80 Å². The van der Waals surface area contributed by atoms with E-state index in [0.29, 0.717) is 12.5 Å². The third-order valence-electron chi connectivity index (χ3n) is 4.90. The normalized spacial score (nSPS) is 24.8. The summed E-state index contributed by atoms with van der Waals surface area (Å²) in [5, 5.41) is 4.20. The number of carbonyl (C=O) groups is 2. The van der Waals surface area contributed by atoms with Crippen molar-refractivity contribution in [3.8, 4) is 0 Å². The maximum absolute atomic E-state index is 12.7. The van der Waals surface area contributed by atoms with E-state index in [9.17, 15) is 9.59 Å². The molecule has 0 spiro atoms. The number of aryl methyl sites for hydroxylation is 1. The molecule has 2 amide bonds.